The molecule has 2 N–H and O–H groups in total. The summed E-state index contributed by atoms with van der Waals surface area (Å²) in [4.78, 5) is 53.6. The first-order valence-electron chi connectivity index (χ1n) is 12.4. The zero-order valence-corrected chi connectivity index (χ0v) is 21.4. The molecule has 1 spiro atoms. The monoisotopic (exact) mass is 519 g/mol. The number of carbonyl (C=O) groups excluding carboxylic acids is 3. The Bertz CT molecular complexity index is 1430. The van der Waals surface area contributed by atoms with Crippen molar-refractivity contribution in [3.05, 3.63) is 59.8 Å². The molecule has 5 rings (SSSR count). The number of amides is 4. The zero-order chi connectivity index (χ0) is 27.2. The largest absolute Gasteiger partial charge is 0.463 e. The van der Waals surface area contributed by atoms with Gasteiger partial charge in [-0.05, 0) is 57.4 Å². The standard InChI is InChI=1S/C27H29N5O6/c1-26(2,3)38-25(37)30-13-11-27(12-14-30)22(33)28-23(34)31(27)18-9-10-21-19(16-18)20(29-32(21)24(35)36)15-17-7-5-4-6-8-17/h4-10,16H,11-15H2,1-3H3,(H,35,36)(H,28,33,34). The van der Waals surface area contributed by atoms with Crippen molar-refractivity contribution in [1.29, 1.82) is 0 Å². The molecule has 0 radical (unpaired) electrons. The van der Waals surface area contributed by atoms with Gasteiger partial charge < -0.3 is 14.7 Å². The van der Waals surface area contributed by atoms with Crippen molar-refractivity contribution in [2.24, 2.45) is 0 Å². The van der Waals surface area contributed by atoms with E-state index in [4.69, 9.17) is 4.74 Å². The number of rotatable bonds is 3. The van der Waals surface area contributed by atoms with Crippen LogP contribution in [0.3, 0.4) is 0 Å². The molecule has 1 aromatic heterocycles. The van der Waals surface area contributed by atoms with E-state index in [0.717, 1.165) is 10.2 Å². The first-order chi connectivity index (χ1) is 18.0. The van der Waals surface area contributed by atoms with Crippen LogP contribution in [-0.4, -0.2) is 68.1 Å². The number of nitrogens with one attached hydrogen (secondary N) is 1. The summed E-state index contributed by atoms with van der Waals surface area (Å²) in [5.41, 5.74) is 0.501. The number of piperidine rings is 1. The van der Waals surface area contributed by atoms with E-state index in [-0.39, 0.29) is 25.9 Å². The van der Waals surface area contributed by atoms with Crippen LogP contribution < -0.4 is 10.2 Å². The number of carboxylic acid groups (broad SMARTS) is 1. The number of likely N-dealkylation sites (tertiary alicyclic amines) is 1. The van der Waals surface area contributed by atoms with Crippen LogP contribution in [0.25, 0.3) is 10.9 Å². The van der Waals surface area contributed by atoms with Gasteiger partial charge in [0.05, 0.1) is 11.2 Å². The number of ether oxygens (including phenoxy) is 1. The second-order valence-corrected chi connectivity index (χ2v) is 10.6. The molecule has 0 saturated carbocycles. The number of urea groups is 1. The second-order valence-electron chi connectivity index (χ2n) is 10.6. The highest BCUT2D eigenvalue weighted by Gasteiger charge is 2.55. The molecule has 0 aliphatic carbocycles. The highest BCUT2D eigenvalue weighted by Crippen LogP contribution is 2.39. The summed E-state index contributed by atoms with van der Waals surface area (Å²) in [5, 5.41) is 17.0. The third-order valence-electron chi connectivity index (χ3n) is 6.91. The fourth-order valence-corrected chi connectivity index (χ4v) is 5.14. The van der Waals surface area contributed by atoms with Crippen molar-refractivity contribution >= 4 is 40.7 Å². The van der Waals surface area contributed by atoms with E-state index in [1.54, 1.807) is 43.9 Å². The lowest BCUT2D eigenvalue weighted by Gasteiger charge is -2.42. The van der Waals surface area contributed by atoms with Gasteiger partial charge in [-0.2, -0.15) is 9.78 Å². The molecule has 2 aliphatic heterocycles. The Balaban J connectivity index is 1.49. The molecule has 3 heterocycles. The fourth-order valence-electron chi connectivity index (χ4n) is 5.14. The number of benzene rings is 2. The predicted octanol–water partition coefficient (Wildman–Crippen LogP) is 3.98. The van der Waals surface area contributed by atoms with Crippen LogP contribution in [0, 0.1) is 0 Å². The summed E-state index contributed by atoms with van der Waals surface area (Å²) < 4.78 is 6.39. The summed E-state index contributed by atoms with van der Waals surface area (Å²) in [6, 6.07) is 13.9. The first kappa shape index (κ1) is 25.2. The third-order valence-corrected chi connectivity index (χ3v) is 6.91. The highest BCUT2D eigenvalue weighted by molar-refractivity contribution is 6.17. The SMILES string of the molecule is CC(C)(C)OC(=O)N1CCC2(CC1)C(=O)NC(=O)N2c1ccc2c(c1)c(Cc1ccccc1)nn2C(=O)O. The second kappa shape index (κ2) is 9.16. The maximum absolute atomic E-state index is 13.1. The number of imide groups is 1. The molecule has 0 bridgehead atoms. The Hall–Kier alpha value is -4.41. The third kappa shape index (κ3) is 4.44. The number of carbonyl (C=O) groups is 4. The fraction of sp³-hybridized carbons (Fsp3) is 0.370. The van der Waals surface area contributed by atoms with Gasteiger partial charge in [-0.25, -0.2) is 14.4 Å². The van der Waals surface area contributed by atoms with Crippen molar-refractivity contribution < 1.29 is 29.0 Å². The topological polar surface area (TPSA) is 134 Å². The molecule has 3 aromatic rings. The number of nitrogens with zero attached hydrogens (tertiary/aromatic N) is 4. The minimum absolute atomic E-state index is 0.229. The number of aromatic nitrogens is 2. The van der Waals surface area contributed by atoms with E-state index in [9.17, 15) is 24.3 Å². The molecule has 2 aliphatic rings. The van der Waals surface area contributed by atoms with Crippen LogP contribution >= 0.6 is 0 Å². The lowest BCUT2D eigenvalue weighted by atomic mass is 9.85. The number of fused-ring (bicyclic) bond motifs is 1. The van der Waals surface area contributed by atoms with Gasteiger partial charge in [-0.15, -0.1) is 0 Å². The van der Waals surface area contributed by atoms with E-state index in [1.165, 1.54) is 4.90 Å². The molecule has 11 heteroatoms. The van der Waals surface area contributed by atoms with Gasteiger partial charge in [0.15, 0.2) is 0 Å². The number of hydrogen-bond donors (Lipinski definition) is 2. The lowest BCUT2D eigenvalue weighted by molar-refractivity contribution is -0.124. The van der Waals surface area contributed by atoms with E-state index < -0.39 is 35.3 Å². The molecular formula is C27H29N5O6. The molecule has 198 valence electrons. The maximum Gasteiger partial charge on any atom is 0.432 e. The summed E-state index contributed by atoms with van der Waals surface area (Å²) in [5.74, 6) is -0.419. The van der Waals surface area contributed by atoms with Gasteiger partial charge >= 0.3 is 18.2 Å². The highest BCUT2D eigenvalue weighted by atomic mass is 16.6. The average Bonchev–Trinajstić information content (AvgIpc) is 3.33. The normalized spacial score (nSPS) is 17.2. The van der Waals surface area contributed by atoms with E-state index >= 15 is 0 Å². The molecule has 0 unspecified atom stereocenters. The molecule has 0 atom stereocenters. The summed E-state index contributed by atoms with van der Waals surface area (Å²) in [7, 11) is 0. The Morgan fingerprint density at radius 3 is 2.39 bits per heavy atom. The minimum Gasteiger partial charge on any atom is -0.463 e. The Labute approximate surface area is 218 Å². The van der Waals surface area contributed by atoms with Gasteiger partial charge in [0, 0.05) is 30.6 Å². The Kier molecular flexibility index (Phi) is 6.09. The molecule has 2 aromatic carbocycles. The summed E-state index contributed by atoms with van der Waals surface area (Å²) in [6.07, 6.45) is -0.832. The minimum atomic E-state index is -1.22. The van der Waals surface area contributed by atoms with Crippen molar-refractivity contribution in [1.82, 2.24) is 20.0 Å². The van der Waals surface area contributed by atoms with Crippen molar-refractivity contribution in [3.63, 3.8) is 0 Å². The van der Waals surface area contributed by atoms with Gasteiger partial charge in [-0.1, -0.05) is 30.3 Å². The first-order valence-corrected chi connectivity index (χ1v) is 12.4. The van der Waals surface area contributed by atoms with Gasteiger partial charge in [0.1, 0.15) is 11.1 Å². The average molecular weight is 520 g/mol. The summed E-state index contributed by atoms with van der Waals surface area (Å²) in [6.45, 7) is 5.84. The molecule has 4 amide bonds. The lowest BCUT2D eigenvalue weighted by Crippen LogP contribution is -2.58. The number of anilines is 1. The van der Waals surface area contributed by atoms with Crippen LogP contribution in [0.5, 0.6) is 0 Å². The Morgan fingerprint density at radius 2 is 1.76 bits per heavy atom. The van der Waals surface area contributed by atoms with Crippen molar-refractivity contribution in [2.45, 2.75) is 51.2 Å². The maximum atomic E-state index is 13.1. The quantitative estimate of drug-likeness (QED) is 0.500. The van der Waals surface area contributed by atoms with Crippen LogP contribution in [0.4, 0.5) is 20.1 Å². The van der Waals surface area contributed by atoms with E-state index in [0.29, 0.717) is 28.7 Å². The zero-order valence-electron chi connectivity index (χ0n) is 21.4. The smallest absolute Gasteiger partial charge is 0.432 e. The van der Waals surface area contributed by atoms with Crippen LogP contribution in [-0.2, 0) is 16.0 Å². The van der Waals surface area contributed by atoms with Crippen LogP contribution in [0.2, 0.25) is 0 Å². The summed E-state index contributed by atoms with van der Waals surface area (Å²) >= 11 is 0. The van der Waals surface area contributed by atoms with Crippen LogP contribution in [0.15, 0.2) is 48.5 Å². The van der Waals surface area contributed by atoms with Gasteiger partial charge in [-0.3, -0.25) is 15.0 Å². The van der Waals surface area contributed by atoms with Gasteiger partial charge in [0.25, 0.3) is 5.91 Å². The van der Waals surface area contributed by atoms with Crippen molar-refractivity contribution in [3.8, 4) is 0 Å². The predicted molar refractivity (Wildman–Crippen MR) is 138 cm³/mol. The van der Waals surface area contributed by atoms with Gasteiger partial charge in [0.2, 0.25) is 0 Å². The molecule has 2 fully saturated rings. The molecule has 2 saturated heterocycles. The molecule has 11 nitrogen and oxygen atoms in total. The molecule has 38 heavy (non-hydrogen) atoms. The van der Waals surface area contributed by atoms with Crippen LogP contribution in [0.1, 0.15) is 44.9 Å². The van der Waals surface area contributed by atoms with E-state index in [2.05, 4.69) is 10.4 Å². The molecular weight excluding hydrogens is 490 g/mol. The van der Waals surface area contributed by atoms with E-state index in [1.807, 2.05) is 30.3 Å². The van der Waals surface area contributed by atoms with Crippen molar-refractivity contribution in [2.75, 3.05) is 18.0 Å². The Morgan fingerprint density at radius 1 is 1.08 bits per heavy atom. The number of hydrogen-bond acceptors (Lipinski definition) is 6.